The van der Waals surface area contributed by atoms with E-state index in [1.165, 1.54) is 11.3 Å². The van der Waals surface area contributed by atoms with Gasteiger partial charge in [0.1, 0.15) is 0 Å². The third kappa shape index (κ3) is 2.16. The van der Waals surface area contributed by atoms with Crippen molar-refractivity contribution < 1.29 is 4.74 Å². The Morgan fingerprint density at radius 2 is 2.20 bits per heavy atom. The SMILES string of the molecule is COCc1ccccc1-c1csc(N)n1. The molecule has 0 unspecified atom stereocenters. The third-order valence-corrected chi connectivity index (χ3v) is 2.79. The van der Waals surface area contributed by atoms with Gasteiger partial charge in [-0.1, -0.05) is 24.3 Å². The molecule has 0 aliphatic rings. The molecule has 1 aromatic heterocycles. The first-order chi connectivity index (χ1) is 7.31. The van der Waals surface area contributed by atoms with Crippen molar-refractivity contribution in [1.82, 2.24) is 4.98 Å². The lowest BCUT2D eigenvalue weighted by Crippen LogP contribution is -1.92. The number of nitrogen functional groups attached to an aromatic ring is 1. The van der Waals surface area contributed by atoms with E-state index in [0.29, 0.717) is 11.7 Å². The van der Waals surface area contributed by atoms with Crippen molar-refractivity contribution in [1.29, 1.82) is 0 Å². The Bertz CT molecular complexity index is 453. The number of methoxy groups -OCH3 is 1. The molecule has 0 bridgehead atoms. The molecule has 2 aromatic rings. The number of anilines is 1. The monoisotopic (exact) mass is 220 g/mol. The van der Waals surface area contributed by atoms with Gasteiger partial charge in [0, 0.05) is 18.1 Å². The summed E-state index contributed by atoms with van der Waals surface area (Å²) >= 11 is 1.45. The van der Waals surface area contributed by atoms with Gasteiger partial charge in [0.2, 0.25) is 0 Å². The van der Waals surface area contributed by atoms with E-state index in [-0.39, 0.29) is 0 Å². The average molecular weight is 220 g/mol. The molecule has 2 N–H and O–H groups in total. The van der Waals surface area contributed by atoms with Gasteiger partial charge in [-0.25, -0.2) is 4.98 Å². The zero-order valence-corrected chi connectivity index (χ0v) is 9.25. The lowest BCUT2D eigenvalue weighted by Gasteiger charge is -2.05. The van der Waals surface area contributed by atoms with Crippen molar-refractivity contribution in [3.05, 3.63) is 35.2 Å². The Hall–Kier alpha value is -1.39. The number of hydrogen-bond acceptors (Lipinski definition) is 4. The molecule has 1 aromatic carbocycles. The van der Waals surface area contributed by atoms with Gasteiger partial charge in [0.05, 0.1) is 12.3 Å². The minimum absolute atomic E-state index is 0.591. The van der Waals surface area contributed by atoms with Crippen LogP contribution >= 0.6 is 11.3 Å². The minimum Gasteiger partial charge on any atom is -0.380 e. The summed E-state index contributed by atoms with van der Waals surface area (Å²) in [5.74, 6) is 0. The molecule has 3 nitrogen and oxygen atoms in total. The molecule has 0 fully saturated rings. The van der Waals surface area contributed by atoms with E-state index in [9.17, 15) is 0 Å². The van der Waals surface area contributed by atoms with Gasteiger partial charge in [0.25, 0.3) is 0 Å². The second-order valence-electron chi connectivity index (χ2n) is 3.16. The number of ether oxygens (including phenoxy) is 1. The number of nitrogens with zero attached hydrogens (tertiary/aromatic N) is 1. The van der Waals surface area contributed by atoms with Crippen LogP contribution in [-0.2, 0) is 11.3 Å². The fraction of sp³-hybridized carbons (Fsp3) is 0.182. The van der Waals surface area contributed by atoms with Crippen LogP contribution in [0.15, 0.2) is 29.6 Å². The quantitative estimate of drug-likeness (QED) is 0.864. The van der Waals surface area contributed by atoms with Crippen LogP contribution < -0.4 is 5.73 Å². The van der Waals surface area contributed by atoms with E-state index in [4.69, 9.17) is 10.5 Å². The first-order valence-corrected chi connectivity index (χ1v) is 5.47. The maximum Gasteiger partial charge on any atom is 0.180 e. The van der Waals surface area contributed by atoms with Crippen LogP contribution in [0.5, 0.6) is 0 Å². The summed E-state index contributed by atoms with van der Waals surface area (Å²) in [6.45, 7) is 0.591. The molecule has 4 heteroatoms. The van der Waals surface area contributed by atoms with Crippen molar-refractivity contribution in [2.45, 2.75) is 6.61 Å². The van der Waals surface area contributed by atoms with Gasteiger partial charge in [-0.05, 0) is 5.56 Å². The van der Waals surface area contributed by atoms with Crippen LogP contribution in [-0.4, -0.2) is 12.1 Å². The zero-order chi connectivity index (χ0) is 10.7. The summed E-state index contributed by atoms with van der Waals surface area (Å²) in [5, 5.41) is 2.56. The Morgan fingerprint density at radius 3 is 2.87 bits per heavy atom. The van der Waals surface area contributed by atoms with Crippen molar-refractivity contribution in [2.75, 3.05) is 12.8 Å². The number of aromatic nitrogens is 1. The summed E-state index contributed by atoms with van der Waals surface area (Å²) in [5.41, 5.74) is 8.76. The molecule has 1 heterocycles. The smallest absolute Gasteiger partial charge is 0.180 e. The molecule has 15 heavy (non-hydrogen) atoms. The van der Waals surface area contributed by atoms with E-state index in [1.807, 2.05) is 29.6 Å². The highest BCUT2D eigenvalue weighted by molar-refractivity contribution is 7.13. The highest BCUT2D eigenvalue weighted by Gasteiger charge is 2.07. The topological polar surface area (TPSA) is 48.1 Å². The van der Waals surface area contributed by atoms with Crippen LogP contribution in [0.2, 0.25) is 0 Å². The molecule has 0 amide bonds. The summed E-state index contributed by atoms with van der Waals surface area (Å²) in [7, 11) is 1.69. The largest absolute Gasteiger partial charge is 0.380 e. The van der Waals surface area contributed by atoms with E-state index in [1.54, 1.807) is 7.11 Å². The molecule has 0 aliphatic heterocycles. The predicted molar refractivity (Wildman–Crippen MR) is 62.7 cm³/mol. The lowest BCUT2D eigenvalue weighted by molar-refractivity contribution is 0.185. The molecule has 0 saturated carbocycles. The molecule has 0 aliphatic carbocycles. The van der Waals surface area contributed by atoms with Crippen molar-refractivity contribution in [3.63, 3.8) is 0 Å². The van der Waals surface area contributed by atoms with Crippen LogP contribution in [0.25, 0.3) is 11.3 Å². The standard InChI is InChI=1S/C11H12N2OS/c1-14-6-8-4-2-3-5-9(8)10-7-15-11(12)13-10/h2-5,7H,6H2,1H3,(H2,12,13). The number of nitrogens with two attached hydrogens (primary N) is 1. The fourth-order valence-electron chi connectivity index (χ4n) is 1.46. The lowest BCUT2D eigenvalue weighted by atomic mass is 10.1. The summed E-state index contributed by atoms with van der Waals surface area (Å²) in [6, 6.07) is 8.05. The van der Waals surface area contributed by atoms with E-state index in [0.717, 1.165) is 16.8 Å². The van der Waals surface area contributed by atoms with Crippen LogP contribution in [0.4, 0.5) is 5.13 Å². The second kappa shape index (κ2) is 4.42. The van der Waals surface area contributed by atoms with Crippen molar-refractivity contribution in [2.24, 2.45) is 0 Å². The van der Waals surface area contributed by atoms with Gasteiger partial charge < -0.3 is 10.5 Å². The summed E-state index contributed by atoms with van der Waals surface area (Å²) < 4.78 is 5.14. The third-order valence-electron chi connectivity index (χ3n) is 2.12. The number of thiazole rings is 1. The van der Waals surface area contributed by atoms with Gasteiger partial charge in [0.15, 0.2) is 5.13 Å². The summed E-state index contributed by atoms with van der Waals surface area (Å²) in [4.78, 5) is 4.26. The van der Waals surface area contributed by atoms with E-state index >= 15 is 0 Å². The normalized spacial score (nSPS) is 10.5. The number of hydrogen-bond donors (Lipinski definition) is 1. The van der Waals surface area contributed by atoms with Crippen LogP contribution in [0.1, 0.15) is 5.56 Å². The number of rotatable bonds is 3. The fourth-order valence-corrected chi connectivity index (χ4v) is 2.03. The number of benzene rings is 1. The molecular weight excluding hydrogens is 208 g/mol. The van der Waals surface area contributed by atoms with Crippen molar-refractivity contribution in [3.8, 4) is 11.3 Å². The Balaban J connectivity index is 2.42. The highest BCUT2D eigenvalue weighted by atomic mass is 32.1. The maximum absolute atomic E-state index is 5.62. The maximum atomic E-state index is 5.62. The van der Waals surface area contributed by atoms with Crippen LogP contribution in [0, 0.1) is 0 Å². The van der Waals surface area contributed by atoms with Gasteiger partial charge in [-0.2, -0.15) is 0 Å². The molecule has 0 atom stereocenters. The molecule has 0 saturated heterocycles. The molecular formula is C11H12N2OS. The van der Waals surface area contributed by atoms with Crippen molar-refractivity contribution >= 4 is 16.5 Å². The van der Waals surface area contributed by atoms with E-state index in [2.05, 4.69) is 4.98 Å². The molecule has 0 radical (unpaired) electrons. The van der Waals surface area contributed by atoms with Gasteiger partial charge >= 0.3 is 0 Å². The first-order valence-electron chi connectivity index (χ1n) is 4.59. The van der Waals surface area contributed by atoms with Gasteiger partial charge in [-0.15, -0.1) is 11.3 Å². The van der Waals surface area contributed by atoms with Crippen LogP contribution in [0.3, 0.4) is 0 Å². The molecule has 2 rings (SSSR count). The molecule has 78 valence electrons. The Kier molecular flexibility index (Phi) is 2.99. The highest BCUT2D eigenvalue weighted by Crippen LogP contribution is 2.26. The van der Waals surface area contributed by atoms with Gasteiger partial charge in [-0.3, -0.25) is 0 Å². The molecule has 0 spiro atoms. The Labute approximate surface area is 92.5 Å². The average Bonchev–Trinajstić information content (AvgIpc) is 2.66. The first kappa shape index (κ1) is 10.1. The predicted octanol–water partition coefficient (Wildman–Crippen LogP) is 2.54. The second-order valence-corrected chi connectivity index (χ2v) is 4.05. The van der Waals surface area contributed by atoms with E-state index < -0.39 is 0 Å². The summed E-state index contributed by atoms with van der Waals surface area (Å²) in [6.07, 6.45) is 0. The zero-order valence-electron chi connectivity index (χ0n) is 8.43. The minimum atomic E-state index is 0.591. The Morgan fingerprint density at radius 1 is 1.40 bits per heavy atom.